The van der Waals surface area contributed by atoms with E-state index >= 15 is 0 Å². The lowest BCUT2D eigenvalue weighted by Crippen LogP contribution is -1.91. The maximum Gasteiger partial charge on any atom is 0.168 e. The highest BCUT2D eigenvalue weighted by Gasteiger charge is 2.08. The van der Waals surface area contributed by atoms with Gasteiger partial charge in [-0.1, -0.05) is 31.7 Å². The molecule has 0 fully saturated rings. The van der Waals surface area contributed by atoms with Gasteiger partial charge < -0.3 is 14.5 Å². The highest BCUT2D eigenvalue weighted by molar-refractivity contribution is 5.97. The van der Waals surface area contributed by atoms with Crippen LogP contribution in [0.15, 0.2) is 48.7 Å². The fraction of sp³-hybridized carbons (Fsp3) is 0.238. The van der Waals surface area contributed by atoms with Gasteiger partial charge in [-0.3, -0.25) is 9.89 Å². The van der Waals surface area contributed by atoms with E-state index < -0.39 is 0 Å². The molecule has 27 heavy (non-hydrogen) atoms. The summed E-state index contributed by atoms with van der Waals surface area (Å²) in [6.07, 6.45) is 2.68. The zero-order valence-corrected chi connectivity index (χ0v) is 14.8. The minimum atomic E-state index is 0. The topological polar surface area (TPSA) is 80.0 Å². The van der Waals surface area contributed by atoms with E-state index in [1.165, 1.54) is 5.39 Å². The van der Waals surface area contributed by atoms with Crippen molar-refractivity contribution in [3.8, 4) is 11.5 Å². The highest BCUT2D eigenvalue weighted by atomic mass is 16.5. The number of fused-ring (bicyclic) bond motifs is 2. The molecule has 2 heterocycles. The predicted molar refractivity (Wildman–Crippen MR) is 109 cm³/mol. The second kappa shape index (κ2) is 9.43. The lowest BCUT2D eigenvalue weighted by Gasteiger charge is -2.02. The van der Waals surface area contributed by atoms with Gasteiger partial charge in [-0.05, 0) is 32.0 Å². The molecule has 0 bridgehead atoms. The van der Waals surface area contributed by atoms with Crippen molar-refractivity contribution in [3.05, 3.63) is 54.4 Å². The van der Waals surface area contributed by atoms with E-state index in [2.05, 4.69) is 21.2 Å². The molecule has 142 valence electrons. The number of aldehydes is 1. The Morgan fingerprint density at radius 2 is 1.70 bits per heavy atom. The van der Waals surface area contributed by atoms with Gasteiger partial charge in [0.25, 0.3) is 0 Å². The van der Waals surface area contributed by atoms with Crippen LogP contribution in [0.3, 0.4) is 0 Å². The van der Waals surface area contributed by atoms with Crippen LogP contribution in [0.5, 0.6) is 11.5 Å². The third kappa shape index (κ3) is 4.28. The summed E-state index contributed by atoms with van der Waals surface area (Å²) in [5, 5.41) is 8.68. The van der Waals surface area contributed by atoms with E-state index in [-0.39, 0.29) is 7.43 Å². The van der Waals surface area contributed by atoms with Crippen LogP contribution in [0.2, 0.25) is 0 Å². The quantitative estimate of drug-likeness (QED) is 0.488. The molecule has 2 N–H and O–H groups in total. The maximum atomic E-state index is 10.6. The van der Waals surface area contributed by atoms with Crippen molar-refractivity contribution in [1.82, 2.24) is 15.2 Å². The summed E-state index contributed by atoms with van der Waals surface area (Å²) in [6.45, 7) is 5.19. The average Bonchev–Trinajstić information content (AvgIpc) is 3.30. The number of carbonyl (C=O) groups is 1. The summed E-state index contributed by atoms with van der Waals surface area (Å²) in [5.41, 5.74) is 2.28. The van der Waals surface area contributed by atoms with Gasteiger partial charge in [0.1, 0.15) is 22.7 Å². The van der Waals surface area contributed by atoms with E-state index in [9.17, 15) is 4.79 Å². The standard InChI is InChI=1S/C10H10N2O2.C10H11NO.CH4/c1-2-14-9-5-3-4-7-8(6-13)11-12-10(7)9;1-2-12-9-5-3-4-8-6-7-11-10(8)9;/h3-6H,2H2,1H3,(H,11,12);3-7,11H,2H2,1H3;1H4. The molecule has 0 unspecified atom stereocenters. The van der Waals surface area contributed by atoms with Crippen LogP contribution in [-0.4, -0.2) is 34.7 Å². The number of H-pyrrole nitrogens is 2. The van der Waals surface area contributed by atoms with Crippen LogP contribution in [0.25, 0.3) is 21.8 Å². The molecule has 2 aromatic carbocycles. The first-order valence-electron chi connectivity index (χ1n) is 8.52. The van der Waals surface area contributed by atoms with Crippen molar-refractivity contribution < 1.29 is 14.3 Å². The Morgan fingerprint density at radius 3 is 2.44 bits per heavy atom. The Balaban J connectivity index is 0.000000189. The lowest BCUT2D eigenvalue weighted by molar-refractivity contribution is 0.112. The number of ether oxygens (including phenoxy) is 2. The first kappa shape index (κ1) is 20.0. The molecule has 0 amide bonds. The molecule has 0 aliphatic heterocycles. The molecule has 0 radical (unpaired) electrons. The van der Waals surface area contributed by atoms with Gasteiger partial charge in [0, 0.05) is 17.0 Å². The minimum Gasteiger partial charge on any atom is -0.492 e. The van der Waals surface area contributed by atoms with E-state index in [4.69, 9.17) is 9.47 Å². The lowest BCUT2D eigenvalue weighted by atomic mass is 10.2. The van der Waals surface area contributed by atoms with Crippen LogP contribution in [-0.2, 0) is 0 Å². The summed E-state index contributed by atoms with van der Waals surface area (Å²) in [5.74, 6) is 1.63. The molecule has 2 aromatic heterocycles. The van der Waals surface area contributed by atoms with Crippen molar-refractivity contribution in [3.63, 3.8) is 0 Å². The van der Waals surface area contributed by atoms with Crippen LogP contribution in [0, 0.1) is 0 Å². The third-order valence-electron chi connectivity index (χ3n) is 3.84. The van der Waals surface area contributed by atoms with Gasteiger partial charge in [-0.2, -0.15) is 5.10 Å². The highest BCUT2D eigenvalue weighted by Crippen LogP contribution is 2.25. The zero-order chi connectivity index (χ0) is 18.4. The number of nitrogens with one attached hydrogen (secondary N) is 2. The first-order chi connectivity index (χ1) is 12.8. The predicted octanol–water partition coefficient (Wildman–Crippen LogP) is 4.98. The SMILES string of the molecule is C.CCOc1cccc2c(C=O)[nH]nc12.CCOc1cccc2cc[nH]c12. The van der Waals surface area contributed by atoms with E-state index in [1.54, 1.807) is 0 Å². The molecule has 0 saturated carbocycles. The number of aromatic nitrogens is 3. The van der Waals surface area contributed by atoms with E-state index in [0.29, 0.717) is 30.2 Å². The van der Waals surface area contributed by atoms with Crippen molar-refractivity contribution >= 4 is 28.1 Å². The average molecular weight is 367 g/mol. The fourth-order valence-electron chi connectivity index (χ4n) is 2.73. The first-order valence-corrected chi connectivity index (χ1v) is 8.52. The van der Waals surface area contributed by atoms with Crippen LogP contribution in [0.1, 0.15) is 31.8 Å². The number of carbonyl (C=O) groups excluding carboxylic acids is 1. The number of aromatic amines is 2. The molecule has 6 nitrogen and oxygen atoms in total. The second-order valence-electron chi connectivity index (χ2n) is 5.47. The van der Waals surface area contributed by atoms with E-state index in [0.717, 1.165) is 22.9 Å². The number of hydrogen-bond donors (Lipinski definition) is 2. The normalized spacial score (nSPS) is 10.0. The summed E-state index contributed by atoms with van der Waals surface area (Å²) < 4.78 is 10.8. The Hall–Kier alpha value is -3.28. The maximum absolute atomic E-state index is 10.6. The molecule has 0 saturated heterocycles. The second-order valence-corrected chi connectivity index (χ2v) is 5.47. The van der Waals surface area contributed by atoms with E-state index in [1.807, 2.05) is 56.4 Å². The molecule has 6 heteroatoms. The van der Waals surface area contributed by atoms with Gasteiger partial charge in [-0.15, -0.1) is 0 Å². The van der Waals surface area contributed by atoms with Gasteiger partial charge in [0.05, 0.1) is 18.7 Å². The minimum absolute atomic E-state index is 0. The molecule has 0 aliphatic rings. The van der Waals surface area contributed by atoms with Crippen LogP contribution in [0.4, 0.5) is 0 Å². The molecule has 0 aliphatic carbocycles. The molecule has 0 atom stereocenters. The Bertz CT molecular complexity index is 1000. The number of rotatable bonds is 5. The Morgan fingerprint density at radius 1 is 1.00 bits per heavy atom. The fourth-order valence-corrected chi connectivity index (χ4v) is 2.73. The van der Waals surface area contributed by atoms with Gasteiger partial charge in [0.2, 0.25) is 0 Å². The molecule has 0 spiro atoms. The number of benzene rings is 2. The van der Waals surface area contributed by atoms with Crippen molar-refractivity contribution in [2.45, 2.75) is 21.3 Å². The van der Waals surface area contributed by atoms with Crippen LogP contribution < -0.4 is 9.47 Å². The van der Waals surface area contributed by atoms with Gasteiger partial charge >= 0.3 is 0 Å². The number of hydrogen-bond acceptors (Lipinski definition) is 4. The summed E-state index contributed by atoms with van der Waals surface area (Å²) >= 11 is 0. The molecular weight excluding hydrogens is 342 g/mol. The summed E-state index contributed by atoms with van der Waals surface area (Å²) in [4.78, 5) is 13.8. The Labute approximate surface area is 158 Å². The number of para-hydroxylation sites is 2. The van der Waals surface area contributed by atoms with Crippen molar-refractivity contribution in [2.75, 3.05) is 13.2 Å². The molecular formula is C21H25N3O3. The smallest absolute Gasteiger partial charge is 0.168 e. The molecule has 4 aromatic rings. The summed E-state index contributed by atoms with van der Waals surface area (Å²) in [6, 6.07) is 13.6. The van der Waals surface area contributed by atoms with Gasteiger partial charge in [0.15, 0.2) is 6.29 Å². The molecule has 4 rings (SSSR count). The van der Waals surface area contributed by atoms with Crippen molar-refractivity contribution in [2.24, 2.45) is 0 Å². The van der Waals surface area contributed by atoms with Crippen LogP contribution >= 0.6 is 0 Å². The largest absolute Gasteiger partial charge is 0.492 e. The Kier molecular flexibility index (Phi) is 7.00. The van der Waals surface area contributed by atoms with Crippen molar-refractivity contribution in [1.29, 1.82) is 0 Å². The third-order valence-corrected chi connectivity index (χ3v) is 3.84. The number of nitrogens with zero attached hydrogens (tertiary/aromatic N) is 1. The monoisotopic (exact) mass is 367 g/mol. The van der Waals surface area contributed by atoms with Gasteiger partial charge in [-0.25, -0.2) is 0 Å². The summed E-state index contributed by atoms with van der Waals surface area (Å²) in [7, 11) is 0. The zero-order valence-electron chi connectivity index (χ0n) is 14.8.